The number of hydrogen-bond donors (Lipinski definition) is 2. The van der Waals surface area contributed by atoms with Gasteiger partial charge in [0.2, 0.25) is 0 Å². The van der Waals surface area contributed by atoms with Gasteiger partial charge in [-0.1, -0.05) is 11.6 Å². The summed E-state index contributed by atoms with van der Waals surface area (Å²) in [5.41, 5.74) is 10.2. The molecule has 1 heterocycles. The van der Waals surface area contributed by atoms with Crippen LogP contribution in [0.5, 0.6) is 0 Å². The number of nitrogens with zero attached hydrogens (tertiary/aromatic N) is 1. The first-order valence-electron chi connectivity index (χ1n) is 3.49. The van der Waals surface area contributed by atoms with Gasteiger partial charge in [0.1, 0.15) is 5.69 Å². The van der Waals surface area contributed by atoms with Crippen LogP contribution in [-0.4, -0.2) is 4.98 Å². The van der Waals surface area contributed by atoms with Gasteiger partial charge in [-0.05, 0) is 6.07 Å². The highest BCUT2D eigenvalue weighted by molar-refractivity contribution is 6.31. The summed E-state index contributed by atoms with van der Waals surface area (Å²) in [5, 5.41) is 0.212. The van der Waals surface area contributed by atoms with Crippen LogP contribution in [0.3, 0.4) is 0 Å². The molecule has 0 aliphatic rings. The third-order valence-electron chi connectivity index (χ3n) is 1.51. The Hall–Kier alpha value is -0.940. The number of alkyl halides is 2. The average molecular weight is 208 g/mol. The number of nitrogens with two attached hydrogens (primary N) is 2. The molecule has 1 aromatic heterocycles. The minimum atomic E-state index is -2.71. The van der Waals surface area contributed by atoms with Crippen LogP contribution in [0.25, 0.3) is 0 Å². The van der Waals surface area contributed by atoms with E-state index in [-0.39, 0.29) is 22.9 Å². The molecule has 0 bridgehead atoms. The summed E-state index contributed by atoms with van der Waals surface area (Å²) in [6.45, 7) is 0.0127. The zero-order valence-electron chi connectivity index (χ0n) is 6.60. The lowest BCUT2D eigenvalue weighted by atomic mass is 10.2. The predicted octanol–water partition coefficient (Wildman–Crippen LogP) is 1.71. The third-order valence-corrected chi connectivity index (χ3v) is 1.84. The lowest BCUT2D eigenvalue weighted by Crippen LogP contribution is -2.06. The lowest BCUT2D eigenvalue weighted by Gasteiger charge is -2.07. The Balaban J connectivity index is 3.22. The second-order valence-corrected chi connectivity index (χ2v) is 2.80. The molecule has 0 radical (unpaired) electrons. The SMILES string of the molecule is NCc1nc(C(F)F)c(N)cc1Cl. The zero-order chi connectivity index (χ0) is 10.0. The van der Waals surface area contributed by atoms with E-state index in [1.54, 1.807) is 0 Å². The molecule has 72 valence electrons. The Morgan fingerprint density at radius 1 is 1.54 bits per heavy atom. The molecule has 4 N–H and O–H groups in total. The highest BCUT2D eigenvalue weighted by Crippen LogP contribution is 2.26. The van der Waals surface area contributed by atoms with Crippen LogP contribution in [0.15, 0.2) is 6.07 Å². The van der Waals surface area contributed by atoms with Gasteiger partial charge < -0.3 is 11.5 Å². The van der Waals surface area contributed by atoms with Crippen LogP contribution >= 0.6 is 11.6 Å². The van der Waals surface area contributed by atoms with Crippen molar-refractivity contribution < 1.29 is 8.78 Å². The first-order valence-corrected chi connectivity index (χ1v) is 3.87. The van der Waals surface area contributed by atoms with Gasteiger partial charge in [0, 0.05) is 6.54 Å². The average Bonchev–Trinajstić information content (AvgIpc) is 2.03. The van der Waals surface area contributed by atoms with Crippen LogP contribution in [0, 0.1) is 0 Å². The quantitative estimate of drug-likeness (QED) is 0.776. The van der Waals surface area contributed by atoms with E-state index in [9.17, 15) is 8.78 Å². The van der Waals surface area contributed by atoms with Crippen molar-refractivity contribution in [1.29, 1.82) is 0 Å². The van der Waals surface area contributed by atoms with Crippen LogP contribution in [-0.2, 0) is 6.54 Å². The standard InChI is InChI=1S/C7H8ClF2N3/c8-3-1-4(12)6(7(9)10)13-5(3)2-11/h1,7H,2,11-12H2. The molecule has 0 aliphatic carbocycles. The van der Waals surface area contributed by atoms with E-state index >= 15 is 0 Å². The molecular formula is C7H8ClF2N3. The Labute approximate surface area is 78.7 Å². The minimum absolute atomic E-state index is 0.0127. The monoisotopic (exact) mass is 207 g/mol. The maximum Gasteiger partial charge on any atom is 0.282 e. The van der Waals surface area contributed by atoms with Gasteiger partial charge in [-0.3, -0.25) is 0 Å². The Bertz CT molecular complexity index is 317. The van der Waals surface area contributed by atoms with Crippen molar-refractivity contribution in [2.24, 2.45) is 5.73 Å². The van der Waals surface area contributed by atoms with Crippen molar-refractivity contribution in [3.8, 4) is 0 Å². The van der Waals surface area contributed by atoms with Gasteiger partial charge in [0.25, 0.3) is 6.43 Å². The van der Waals surface area contributed by atoms with E-state index < -0.39 is 12.1 Å². The number of pyridine rings is 1. The highest BCUT2D eigenvalue weighted by Gasteiger charge is 2.15. The summed E-state index contributed by atoms with van der Waals surface area (Å²) in [5.74, 6) is 0. The third kappa shape index (κ3) is 2.05. The second-order valence-electron chi connectivity index (χ2n) is 2.40. The Morgan fingerprint density at radius 2 is 2.15 bits per heavy atom. The maximum atomic E-state index is 12.2. The number of anilines is 1. The molecule has 0 aromatic carbocycles. The van der Waals surface area contributed by atoms with Crippen molar-refractivity contribution in [3.05, 3.63) is 22.5 Å². The molecule has 0 spiro atoms. The van der Waals surface area contributed by atoms with Gasteiger partial charge in [0.15, 0.2) is 0 Å². The fraction of sp³-hybridized carbons (Fsp3) is 0.286. The summed E-state index contributed by atoms with van der Waals surface area (Å²) in [6, 6.07) is 1.23. The van der Waals surface area contributed by atoms with Gasteiger partial charge in [-0.15, -0.1) is 0 Å². The molecule has 1 rings (SSSR count). The first-order chi connectivity index (χ1) is 6.06. The van der Waals surface area contributed by atoms with Gasteiger partial charge in [-0.2, -0.15) is 0 Å². The van der Waals surface area contributed by atoms with Crippen molar-refractivity contribution in [2.75, 3.05) is 5.73 Å². The number of halogens is 3. The molecule has 0 amide bonds. The summed E-state index contributed by atoms with van der Waals surface area (Å²) in [4.78, 5) is 3.56. The molecule has 0 saturated heterocycles. The summed E-state index contributed by atoms with van der Waals surface area (Å²) in [7, 11) is 0. The van der Waals surface area contributed by atoms with E-state index in [2.05, 4.69) is 4.98 Å². The summed E-state index contributed by atoms with van der Waals surface area (Å²) < 4.78 is 24.5. The van der Waals surface area contributed by atoms with Crippen LogP contribution in [0.1, 0.15) is 17.8 Å². The Morgan fingerprint density at radius 3 is 2.62 bits per heavy atom. The number of rotatable bonds is 2. The minimum Gasteiger partial charge on any atom is -0.397 e. The lowest BCUT2D eigenvalue weighted by molar-refractivity contribution is 0.147. The molecule has 0 fully saturated rings. The van der Waals surface area contributed by atoms with Gasteiger partial charge in [0.05, 0.1) is 16.4 Å². The molecule has 0 atom stereocenters. The normalized spacial score (nSPS) is 10.8. The number of nitrogen functional groups attached to an aromatic ring is 1. The molecular weight excluding hydrogens is 200 g/mol. The van der Waals surface area contributed by atoms with Crippen molar-refractivity contribution in [2.45, 2.75) is 13.0 Å². The molecule has 1 aromatic rings. The van der Waals surface area contributed by atoms with Crippen LogP contribution in [0.4, 0.5) is 14.5 Å². The topological polar surface area (TPSA) is 64.9 Å². The van der Waals surface area contributed by atoms with E-state index in [4.69, 9.17) is 23.1 Å². The summed E-state index contributed by atoms with van der Waals surface area (Å²) >= 11 is 5.64. The fourth-order valence-electron chi connectivity index (χ4n) is 0.875. The van der Waals surface area contributed by atoms with Gasteiger partial charge >= 0.3 is 0 Å². The molecule has 0 aliphatic heterocycles. The summed E-state index contributed by atoms with van der Waals surface area (Å²) in [6.07, 6.45) is -2.71. The van der Waals surface area contributed by atoms with Crippen LogP contribution in [0.2, 0.25) is 5.02 Å². The van der Waals surface area contributed by atoms with Crippen LogP contribution < -0.4 is 11.5 Å². The smallest absolute Gasteiger partial charge is 0.282 e. The maximum absolute atomic E-state index is 12.2. The second kappa shape index (κ2) is 3.85. The molecule has 0 unspecified atom stereocenters. The van der Waals surface area contributed by atoms with Crippen molar-refractivity contribution in [3.63, 3.8) is 0 Å². The number of hydrogen-bond acceptors (Lipinski definition) is 3. The Kier molecular flexibility index (Phi) is 3.00. The largest absolute Gasteiger partial charge is 0.397 e. The molecule has 13 heavy (non-hydrogen) atoms. The highest BCUT2D eigenvalue weighted by atomic mass is 35.5. The van der Waals surface area contributed by atoms with Crippen molar-refractivity contribution in [1.82, 2.24) is 4.98 Å². The molecule has 3 nitrogen and oxygen atoms in total. The first kappa shape index (κ1) is 10.1. The fourth-order valence-corrected chi connectivity index (χ4v) is 1.11. The van der Waals surface area contributed by atoms with Crippen molar-refractivity contribution >= 4 is 17.3 Å². The van der Waals surface area contributed by atoms with Gasteiger partial charge in [-0.25, -0.2) is 13.8 Å². The predicted molar refractivity (Wildman–Crippen MR) is 46.5 cm³/mol. The van der Waals surface area contributed by atoms with E-state index in [0.29, 0.717) is 0 Å². The van der Waals surface area contributed by atoms with E-state index in [0.717, 1.165) is 0 Å². The number of aromatic nitrogens is 1. The molecule has 6 heteroatoms. The molecule has 0 saturated carbocycles. The van der Waals surface area contributed by atoms with E-state index in [1.165, 1.54) is 6.07 Å². The zero-order valence-corrected chi connectivity index (χ0v) is 7.35. The van der Waals surface area contributed by atoms with E-state index in [1.807, 2.05) is 0 Å².